The average molecular weight is 411 g/mol. The third-order valence-corrected chi connectivity index (χ3v) is 5.58. The molecular formula is C17H15BrO5S. The van der Waals surface area contributed by atoms with E-state index in [1.165, 1.54) is 25.1 Å². The molecular weight excluding hydrogens is 396 g/mol. The van der Waals surface area contributed by atoms with Crippen LogP contribution in [-0.4, -0.2) is 32.5 Å². The number of hydrogen-bond donors (Lipinski definition) is 0. The Hall–Kier alpha value is -1.99. The molecule has 0 aliphatic carbocycles. The molecule has 7 heteroatoms. The fraction of sp³-hybridized carbons (Fsp3) is 0.176. The van der Waals surface area contributed by atoms with Crippen molar-refractivity contribution in [1.82, 2.24) is 0 Å². The van der Waals surface area contributed by atoms with Gasteiger partial charge in [0.1, 0.15) is 0 Å². The monoisotopic (exact) mass is 410 g/mol. The van der Waals surface area contributed by atoms with Gasteiger partial charge < -0.3 is 4.74 Å². The summed E-state index contributed by atoms with van der Waals surface area (Å²) in [5.41, 5.74) is 0.327. The maximum atomic E-state index is 12.2. The van der Waals surface area contributed by atoms with Gasteiger partial charge in [0.05, 0.1) is 16.2 Å². The fourth-order valence-corrected chi connectivity index (χ4v) is 3.50. The van der Waals surface area contributed by atoms with Crippen molar-refractivity contribution >= 4 is 37.5 Å². The van der Waals surface area contributed by atoms with Gasteiger partial charge in [-0.25, -0.2) is 13.2 Å². The summed E-state index contributed by atoms with van der Waals surface area (Å²) in [5.74, 6) is -1.35. The number of carbonyl (C=O) groups is 2. The molecule has 0 saturated carbocycles. The molecule has 0 aliphatic rings. The van der Waals surface area contributed by atoms with E-state index in [1.807, 2.05) is 0 Å². The highest BCUT2D eigenvalue weighted by atomic mass is 79.9. The van der Waals surface area contributed by atoms with Gasteiger partial charge in [0, 0.05) is 10.0 Å². The quantitative estimate of drug-likeness (QED) is 0.539. The van der Waals surface area contributed by atoms with Gasteiger partial charge in [-0.1, -0.05) is 47.1 Å². The zero-order valence-corrected chi connectivity index (χ0v) is 15.3. The number of halogens is 1. The summed E-state index contributed by atoms with van der Waals surface area (Å²) in [6.45, 7) is 1.03. The van der Waals surface area contributed by atoms with E-state index in [1.54, 1.807) is 30.3 Å². The van der Waals surface area contributed by atoms with Gasteiger partial charge in [0.2, 0.25) is 0 Å². The lowest BCUT2D eigenvalue weighted by Gasteiger charge is -2.09. The molecule has 0 bridgehead atoms. The van der Waals surface area contributed by atoms with Crippen LogP contribution in [-0.2, 0) is 14.6 Å². The first-order valence-electron chi connectivity index (χ1n) is 7.13. The van der Waals surface area contributed by atoms with E-state index in [9.17, 15) is 18.0 Å². The standard InChI is InChI=1S/C17H15BrO5S/c1-2-24(21,22)16-9-4-3-8-14(16)17(20)23-11-15(19)12-6-5-7-13(18)10-12/h3-10H,2,11H2,1H3. The van der Waals surface area contributed by atoms with Gasteiger partial charge in [-0.3, -0.25) is 4.79 Å². The molecule has 0 aliphatic heterocycles. The molecule has 0 spiro atoms. The molecule has 0 radical (unpaired) electrons. The average Bonchev–Trinajstić information content (AvgIpc) is 2.59. The number of carbonyl (C=O) groups excluding carboxylic acids is 2. The van der Waals surface area contributed by atoms with Gasteiger partial charge in [-0.2, -0.15) is 0 Å². The number of ketones is 1. The molecule has 5 nitrogen and oxygen atoms in total. The van der Waals surface area contributed by atoms with Crippen LogP contribution in [0.3, 0.4) is 0 Å². The zero-order chi connectivity index (χ0) is 17.7. The van der Waals surface area contributed by atoms with E-state index < -0.39 is 22.4 Å². The Balaban J connectivity index is 2.15. The molecule has 24 heavy (non-hydrogen) atoms. The number of esters is 1. The normalized spacial score (nSPS) is 11.1. The van der Waals surface area contributed by atoms with Crippen molar-refractivity contribution < 1.29 is 22.7 Å². The minimum Gasteiger partial charge on any atom is -0.454 e. The summed E-state index contributed by atoms with van der Waals surface area (Å²) in [4.78, 5) is 24.1. The summed E-state index contributed by atoms with van der Waals surface area (Å²) >= 11 is 3.26. The highest BCUT2D eigenvalue weighted by Gasteiger charge is 2.22. The van der Waals surface area contributed by atoms with Crippen molar-refractivity contribution in [1.29, 1.82) is 0 Å². The number of rotatable bonds is 6. The van der Waals surface area contributed by atoms with Crippen LogP contribution in [0.15, 0.2) is 57.9 Å². The van der Waals surface area contributed by atoms with E-state index in [-0.39, 0.29) is 22.0 Å². The van der Waals surface area contributed by atoms with Crippen molar-refractivity contribution in [2.75, 3.05) is 12.4 Å². The van der Waals surface area contributed by atoms with Gasteiger partial charge >= 0.3 is 5.97 Å². The van der Waals surface area contributed by atoms with Crippen molar-refractivity contribution in [3.05, 3.63) is 64.1 Å². The van der Waals surface area contributed by atoms with Gasteiger partial charge in [0.25, 0.3) is 0 Å². The summed E-state index contributed by atoms with van der Waals surface area (Å²) in [7, 11) is -3.56. The first kappa shape index (κ1) is 18.4. The van der Waals surface area contributed by atoms with E-state index in [2.05, 4.69) is 15.9 Å². The predicted octanol–water partition coefficient (Wildman–Crippen LogP) is 3.28. The maximum Gasteiger partial charge on any atom is 0.339 e. The minimum atomic E-state index is -3.56. The van der Waals surface area contributed by atoms with Crippen molar-refractivity contribution in [2.24, 2.45) is 0 Å². The van der Waals surface area contributed by atoms with Crippen LogP contribution < -0.4 is 0 Å². The van der Waals surface area contributed by atoms with Crippen LogP contribution in [0, 0.1) is 0 Å². The largest absolute Gasteiger partial charge is 0.454 e. The van der Waals surface area contributed by atoms with Crippen LogP contribution in [0.25, 0.3) is 0 Å². The maximum absolute atomic E-state index is 12.2. The van der Waals surface area contributed by atoms with Crippen molar-refractivity contribution in [3.8, 4) is 0 Å². The van der Waals surface area contributed by atoms with E-state index in [4.69, 9.17) is 4.74 Å². The van der Waals surface area contributed by atoms with E-state index in [0.29, 0.717) is 5.56 Å². The Morgan fingerprint density at radius 1 is 1.08 bits per heavy atom. The van der Waals surface area contributed by atoms with Crippen molar-refractivity contribution in [2.45, 2.75) is 11.8 Å². The molecule has 2 aromatic rings. The number of sulfone groups is 1. The van der Waals surface area contributed by atoms with Crippen LogP contribution in [0.5, 0.6) is 0 Å². The molecule has 126 valence electrons. The van der Waals surface area contributed by atoms with Crippen molar-refractivity contribution in [3.63, 3.8) is 0 Å². The van der Waals surface area contributed by atoms with Crippen LogP contribution in [0.1, 0.15) is 27.6 Å². The molecule has 2 rings (SSSR count). The Kier molecular flexibility index (Phi) is 5.90. The summed E-state index contributed by atoms with van der Waals surface area (Å²) in [5, 5.41) is 0. The molecule has 0 N–H and O–H groups in total. The number of ether oxygens (including phenoxy) is 1. The summed E-state index contributed by atoms with van der Waals surface area (Å²) in [6.07, 6.45) is 0. The summed E-state index contributed by atoms with van der Waals surface area (Å²) < 4.78 is 29.8. The lowest BCUT2D eigenvalue weighted by atomic mass is 10.1. The predicted molar refractivity (Wildman–Crippen MR) is 92.9 cm³/mol. The Bertz CT molecular complexity index is 874. The Labute approximate surface area is 148 Å². The third-order valence-electron chi connectivity index (χ3n) is 3.30. The molecule has 0 atom stereocenters. The van der Waals surface area contributed by atoms with E-state index in [0.717, 1.165) is 4.47 Å². The van der Waals surface area contributed by atoms with Crippen LogP contribution in [0.2, 0.25) is 0 Å². The molecule has 0 saturated heterocycles. The van der Waals surface area contributed by atoms with E-state index >= 15 is 0 Å². The van der Waals surface area contributed by atoms with Gasteiger partial charge in [-0.15, -0.1) is 0 Å². The Morgan fingerprint density at radius 2 is 1.79 bits per heavy atom. The Morgan fingerprint density at radius 3 is 2.46 bits per heavy atom. The smallest absolute Gasteiger partial charge is 0.339 e. The van der Waals surface area contributed by atoms with Crippen LogP contribution >= 0.6 is 15.9 Å². The van der Waals surface area contributed by atoms with Gasteiger partial charge in [0.15, 0.2) is 22.2 Å². The second-order valence-electron chi connectivity index (χ2n) is 4.91. The number of Topliss-reactive ketones (excluding diaryl/α,β-unsaturated/α-hetero) is 1. The SMILES string of the molecule is CCS(=O)(=O)c1ccccc1C(=O)OCC(=O)c1cccc(Br)c1. The topological polar surface area (TPSA) is 77.5 Å². The number of benzene rings is 2. The molecule has 0 amide bonds. The lowest BCUT2D eigenvalue weighted by molar-refractivity contribution is 0.0471. The first-order valence-corrected chi connectivity index (χ1v) is 9.57. The molecule has 0 heterocycles. The third kappa shape index (κ3) is 4.30. The molecule has 0 fully saturated rings. The molecule has 2 aromatic carbocycles. The molecule has 0 unspecified atom stereocenters. The minimum absolute atomic E-state index is 0.0682. The molecule has 0 aromatic heterocycles. The highest BCUT2D eigenvalue weighted by molar-refractivity contribution is 9.10. The highest BCUT2D eigenvalue weighted by Crippen LogP contribution is 2.18. The first-order chi connectivity index (χ1) is 11.3. The lowest BCUT2D eigenvalue weighted by Crippen LogP contribution is -2.17. The summed E-state index contributed by atoms with van der Waals surface area (Å²) in [6, 6.07) is 12.5. The van der Waals surface area contributed by atoms with Gasteiger partial charge in [-0.05, 0) is 24.3 Å². The fourth-order valence-electron chi connectivity index (χ4n) is 2.02. The second kappa shape index (κ2) is 7.72. The number of hydrogen-bond acceptors (Lipinski definition) is 5. The van der Waals surface area contributed by atoms with Crippen LogP contribution in [0.4, 0.5) is 0 Å². The zero-order valence-electron chi connectivity index (χ0n) is 12.9. The second-order valence-corrected chi connectivity index (χ2v) is 8.07.